The standard InChI is InChI=1S/C20H19N3O5S/c1-22-14-10-6-4-8-12(14)19-16(22)18(24)17(23(2)29(19,26)27)20(25)21-13-9-5-7-11-15(13)28-3/h4-11,24H,1-3H3,(H,21,25). The molecule has 1 aliphatic rings. The van der Waals surface area contributed by atoms with Gasteiger partial charge in [-0.05, 0) is 18.2 Å². The van der Waals surface area contributed by atoms with E-state index in [0.717, 1.165) is 4.31 Å². The number of likely N-dealkylation sites (N-methyl/N-ethyl adjacent to an activating group) is 1. The largest absolute Gasteiger partial charge is 0.504 e. The first kappa shape index (κ1) is 18.9. The Balaban J connectivity index is 1.92. The van der Waals surface area contributed by atoms with Gasteiger partial charge in [0.05, 0.1) is 12.8 Å². The van der Waals surface area contributed by atoms with Crippen LogP contribution in [0.4, 0.5) is 5.69 Å². The molecule has 1 amide bonds. The number of sulfonamides is 1. The molecule has 9 heteroatoms. The highest BCUT2D eigenvalue weighted by atomic mass is 32.2. The van der Waals surface area contributed by atoms with Crippen molar-refractivity contribution < 1.29 is 23.1 Å². The minimum Gasteiger partial charge on any atom is -0.504 e. The molecule has 4 rings (SSSR count). The van der Waals surface area contributed by atoms with Crippen LogP contribution in [0.25, 0.3) is 16.7 Å². The van der Waals surface area contributed by atoms with E-state index >= 15 is 0 Å². The molecule has 0 saturated heterocycles. The summed E-state index contributed by atoms with van der Waals surface area (Å²) < 4.78 is 34.1. The summed E-state index contributed by atoms with van der Waals surface area (Å²) in [6.07, 6.45) is 0. The number of carbonyl (C=O) groups excluding carboxylic acids is 1. The molecular formula is C20H19N3O5S. The first-order valence-corrected chi connectivity index (χ1v) is 10.2. The summed E-state index contributed by atoms with van der Waals surface area (Å²) in [6, 6.07) is 13.7. The number of ether oxygens (including phenoxy) is 1. The normalized spacial score (nSPS) is 15.3. The summed E-state index contributed by atoms with van der Waals surface area (Å²) in [7, 11) is 0.290. The van der Waals surface area contributed by atoms with Crippen molar-refractivity contribution in [3.8, 4) is 5.75 Å². The van der Waals surface area contributed by atoms with Crippen LogP contribution in [0.5, 0.6) is 5.75 Å². The van der Waals surface area contributed by atoms with Crippen molar-refractivity contribution in [1.82, 2.24) is 8.87 Å². The molecule has 1 aliphatic heterocycles. The van der Waals surface area contributed by atoms with Crippen LogP contribution in [0.1, 0.15) is 5.69 Å². The molecule has 0 aliphatic carbocycles. The van der Waals surface area contributed by atoms with Gasteiger partial charge < -0.3 is 19.7 Å². The third-order valence-corrected chi connectivity index (χ3v) is 6.85. The number of hydrogen-bond donors (Lipinski definition) is 2. The number of aromatic nitrogens is 1. The number of hydrogen-bond acceptors (Lipinski definition) is 5. The first-order valence-electron chi connectivity index (χ1n) is 8.73. The van der Waals surface area contributed by atoms with Gasteiger partial charge in [-0.3, -0.25) is 9.10 Å². The second kappa shape index (κ2) is 6.56. The van der Waals surface area contributed by atoms with Gasteiger partial charge >= 0.3 is 0 Å². The molecular weight excluding hydrogens is 394 g/mol. The number of carbonyl (C=O) groups is 1. The number of aliphatic hydroxyl groups is 1. The van der Waals surface area contributed by atoms with Crippen LogP contribution in [0.3, 0.4) is 0 Å². The second-order valence-electron chi connectivity index (χ2n) is 6.58. The average Bonchev–Trinajstić information content (AvgIpc) is 3.01. The lowest BCUT2D eigenvalue weighted by Gasteiger charge is -2.27. The van der Waals surface area contributed by atoms with Crippen molar-refractivity contribution >= 4 is 38.3 Å². The molecule has 2 heterocycles. The number of benzene rings is 2. The molecule has 0 fully saturated rings. The van der Waals surface area contributed by atoms with Crippen LogP contribution in [-0.2, 0) is 21.9 Å². The quantitative estimate of drug-likeness (QED) is 0.688. The summed E-state index contributed by atoms with van der Waals surface area (Å²) in [5.74, 6) is -0.773. The zero-order valence-corrected chi connectivity index (χ0v) is 16.8. The highest BCUT2D eigenvalue weighted by Crippen LogP contribution is 2.41. The molecule has 0 spiro atoms. The van der Waals surface area contributed by atoms with E-state index in [2.05, 4.69) is 5.32 Å². The molecule has 29 heavy (non-hydrogen) atoms. The lowest BCUT2D eigenvalue weighted by Crippen LogP contribution is -2.37. The Labute approximate surface area is 167 Å². The van der Waals surface area contributed by atoms with Crippen LogP contribution in [0.2, 0.25) is 0 Å². The van der Waals surface area contributed by atoms with E-state index in [-0.39, 0.29) is 16.3 Å². The van der Waals surface area contributed by atoms with Crippen LogP contribution in [0.15, 0.2) is 59.1 Å². The molecule has 0 unspecified atom stereocenters. The van der Waals surface area contributed by atoms with E-state index in [1.54, 1.807) is 60.1 Å². The Bertz CT molecular complexity index is 1290. The number of para-hydroxylation sites is 3. The Hall–Kier alpha value is -3.46. The number of nitrogens with zero attached hydrogens (tertiary/aromatic N) is 2. The highest BCUT2D eigenvalue weighted by Gasteiger charge is 2.41. The Morgan fingerprint density at radius 1 is 1.07 bits per heavy atom. The predicted molar refractivity (Wildman–Crippen MR) is 109 cm³/mol. The Kier molecular flexibility index (Phi) is 4.27. The van der Waals surface area contributed by atoms with Crippen LogP contribution in [-0.4, -0.2) is 42.5 Å². The van der Waals surface area contributed by atoms with Gasteiger partial charge in [0.15, 0.2) is 11.5 Å². The van der Waals surface area contributed by atoms with E-state index in [1.165, 1.54) is 14.2 Å². The lowest BCUT2D eigenvalue weighted by molar-refractivity contribution is -0.113. The summed E-state index contributed by atoms with van der Waals surface area (Å²) >= 11 is 0. The molecule has 2 aromatic carbocycles. The Morgan fingerprint density at radius 2 is 1.72 bits per heavy atom. The van der Waals surface area contributed by atoms with Crippen molar-refractivity contribution in [1.29, 1.82) is 0 Å². The third kappa shape index (κ3) is 2.65. The van der Waals surface area contributed by atoms with Gasteiger partial charge in [-0.25, -0.2) is 8.42 Å². The van der Waals surface area contributed by atoms with E-state index in [4.69, 9.17) is 4.74 Å². The molecule has 0 saturated carbocycles. The minimum absolute atomic E-state index is 0.0237. The number of aryl methyl sites for hydroxylation is 1. The van der Waals surface area contributed by atoms with Crippen molar-refractivity contribution in [2.24, 2.45) is 7.05 Å². The van der Waals surface area contributed by atoms with Gasteiger partial charge in [-0.2, -0.15) is 0 Å². The van der Waals surface area contributed by atoms with Gasteiger partial charge in [0.1, 0.15) is 16.3 Å². The molecule has 0 radical (unpaired) electrons. The average molecular weight is 413 g/mol. The Morgan fingerprint density at radius 3 is 2.45 bits per heavy atom. The molecule has 0 atom stereocenters. The summed E-state index contributed by atoms with van der Waals surface area (Å²) in [4.78, 5) is 13.0. The van der Waals surface area contributed by atoms with Crippen LogP contribution < -0.4 is 10.1 Å². The number of nitrogens with one attached hydrogen (secondary N) is 1. The van der Waals surface area contributed by atoms with Crippen molar-refractivity contribution in [3.63, 3.8) is 0 Å². The topological polar surface area (TPSA) is 101 Å². The summed E-state index contributed by atoms with van der Waals surface area (Å²) in [6.45, 7) is 0. The monoisotopic (exact) mass is 413 g/mol. The smallest absolute Gasteiger partial charge is 0.277 e. The number of methoxy groups -OCH3 is 1. The van der Waals surface area contributed by atoms with Gasteiger partial charge in [0.2, 0.25) is 0 Å². The van der Waals surface area contributed by atoms with E-state index < -0.39 is 21.7 Å². The SMILES string of the molecule is COc1ccccc1NC(=O)C1=C(O)c2c(c3ccccc3n2C)S(=O)(=O)N1C. The number of aliphatic hydroxyl groups excluding tert-OH is 1. The maximum absolute atomic E-state index is 13.2. The van der Waals surface area contributed by atoms with Gasteiger partial charge in [0.25, 0.3) is 15.9 Å². The van der Waals surface area contributed by atoms with Crippen molar-refractivity contribution in [2.45, 2.75) is 4.90 Å². The zero-order valence-electron chi connectivity index (χ0n) is 16.0. The molecule has 150 valence electrons. The van der Waals surface area contributed by atoms with E-state index in [0.29, 0.717) is 22.3 Å². The van der Waals surface area contributed by atoms with E-state index in [1.807, 2.05) is 0 Å². The van der Waals surface area contributed by atoms with Gasteiger partial charge in [-0.1, -0.05) is 30.3 Å². The van der Waals surface area contributed by atoms with Crippen LogP contribution >= 0.6 is 0 Å². The molecule has 0 bridgehead atoms. The second-order valence-corrected chi connectivity index (χ2v) is 8.48. The first-order chi connectivity index (χ1) is 13.8. The van der Waals surface area contributed by atoms with Crippen molar-refractivity contribution in [3.05, 3.63) is 59.9 Å². The molecule has 1 aromatic heterocycles. The number of fused-ring (bicyclic) bond motifs is 3. The van der Waals surface area contributed by atoms with E-state index in [9.17, 15) is 18.3 Å². The predicted octanol–water partition coefficient (Wildman–Crippen LogP) is 2.69. The number of amides is 1. The fraction of sp³-hybridized carbons (Fsp3) is 0.150. The minimum atomic E-state index is -4.06. The summed E-state index contributed by atoms with van der Waals surface area (Å²) in [5.41, 5.74) is 0.699. The van der Waals surface area contributed by atoms with Crippen LogP contribution in [0, 0.1) is 0 Å². The third-order valence-electron chi connectivity index (χ3n) is 5.01. The zero-order chi connectivity index (χ0) is 20.9. The maximum Gasteiger partial charge on any atom is 0.277 e. The highest BCUT2D eigenvalue weighted by molar-refractivity contribution is 7.89. The molecule has 8 nitrogen and oxygen atoms in total. The van der Waals surface area contributed by atoms with Crippen molar-refractivity contribution in [2.75, 3.05) is 19.5 Å². The fourth-order valence-corrected chi connectivity index (χ4v) is 5.20. The lowest BCUT2D eigenvalue weighted by atomic mass is 10.2. The maximum atomic E-state index is 13.2. The molecule has 3 aromatic rings. The fourth-order valence-electron chi connectivity index (χ4n) is 3.58. The number of anilines is 1. The summed E-state index contributed by atoms with van der Waals surface area (Å²) in [5, 5.41) is 14.0. The molecule has 2 N–H and O–H groups in total. The van der Waals surface area contributed by atoms with Gasteiger partial charge in [-0.15, -0.1) is 0 Å². The number of rotatable bonds is 3. The van der Waals surface area contributed by atoms with Gasteiger partial charge in [0, 0.05) is 25.0 Å².